The van der Waals surface area contributed by atoms with Crippen molar-refractivity contribution < 1.29 is 9.53 Å². The van der Waals surface area contributed by atoms with Gasteiger partial charge >= 0.3 is 0 Å². The Morgan fingerprint density at radius 1 is 1.47 bits per heavy atom. The van der Waals surface area contributed by atoms with E-state index < -0.39 is 5.54 Å². The quantitative estimate of drug-likeness (QED) is 0.813. The van der Waals surface area contributed by atoms with Crippen LogP contribution in [0.4, 0.5) is 0 Å². The van der Waals surface area contributed by atoms with E-state index in [1.54, 1.807) is 14.0 Å². The van der Waals surface area contributed by atoms with Gasteiger partial charge in [-0.15, -0.1) is 0 Å². The van der Waals surface area contributed by atoms with Crippen LogP contribution in [0.5, 0.6) is 5.75 Å². The van der Waals surface area contributed by atoms with E-state index in [4.69, 9.17) is 10.5 Å². The monoisotopic (exact) mass is 236 g/mol. The molecule has 1 unspecified atom stereocenters. The number of rotatable bonds is 5. The van der Waals surface area contributed by atoms with Crippen molar-refractivity contribution in [2.75, 3.05) is 7.11 Å². The van der Waals surface area contributed by atoms with Crippen molar-refractivity contribution in [3.63, 3.8) is 0 Å². The fourth-order valence-electron chi connectivity index (χ4n) is 1.39. The Hall–Kier alpha value is -1.55. The van der Waals surface area contributed by atoms with E-state index in [2.05, 4.69) is 5.32 Å². The van der Waals surface area contributed by atoms with Gasteiger partial charge in [-0.25, -0.2) is 0 Å². The summed E-state index contributed by atoms with van der Waals surface area (Å²) >= 11 is 0. The van der Waals surface area contributed by atoms with Gasteiger partial charge in [0.2, 0.25) is 5.91 Å². The van der Waals surface area contributed by atoms with Gasteiger partial charge in [0, 0.05) is 12.1 Å². The number of nitrogens with two attached hydrogens (primary N) is 1. The summed E-state index contributed by atoms with van der Waals surface area (Å²) in [5.74, 6) is 0.619. The van der Waals surface area contributed by atoms with Crippen molar-refractivity contribution in [2.24, 2.45) is 5.73 Å². The van der Waals surface area contributed by atoms with E-state index in [1.165, 1.54) is 0 Å². The zero-order chi connectivity index (χ0) is 12.9. The highest BCUT2D eigenvalue weighted by atomic mass is 16.5. The summed E-state index contributed by atoms with van der Waals surface area (Å²) in [6, 6.07) is 7.58. The molecule has 0 fully saturated rings. The van der Waals surface area contributed by atoms with E-state index >= 15 is 0 Å². The Kier molecular flexibility index (Phi) is 4.52. The molecular formula is C13H20N2O2. The fraction of sp³-hybridized carbons (Fsp3) is 0.462. The minimum atomic E-state index is -0.817. The predicted octanol–water partition coefficient (Wildman–Crippen LogP) is 1.44. The zero-order valence-corrected chi connectivity index (χ0v) is 10.6. The summed E-state index contributed by atoms with van der Waals surface area (Å²) in [5.41, 5.74) is 5.97. The molecule has 17 heavy (non-hydrogen) atoms. The molecule has 0 aliphatic carbocycles. The van der Waals surface area contributed by atoms with Gasteiger partial charge in [0.05, 0.1) is 12.6 Å². The van der Waals surface area contributed by atoms with Crippen molar-refractivity contribution in [1.82, 2.24) is 5.32 Å². The van der Waals surface area contributed by atoms with E-state index in [9.17, 15) is 4.79 Å². The second-order valence-electron chi connectivity index (χ2n) is 4.27. The minimum absolute atomic E-state index is 0.147. The highest BCUT2D eigenvalue weighted by molar-refractivity contribution is 5.85. The Labute approximate surface area is 102 Å². The molecule has 0 spiro atoms. The number of benzene rings is 1. The third-order valence-corrected chi connectivity index (χ3v) is 2.89. The van der Waals surface area contributed by atoms with Crippen LogP contribution in [0.1, 0.15) is 25.8 Å². The summed E-state index contributed by atoms with van der Waals surface area (Å²) in [5, 5.41) is 2.82. The van der Waals surface area contributed by atoms with Crippen LogP contribution in [0.25, 0.3) is 0 Å². The second-order valence-corrected chi connectivity index (χ2v) is 4.27. The maximum absolute atomic E-state index is 11.8. The highest BCUT2D eigenvalue weighted by Gasteiger charge is 2.25. The van der Waals surface area contributed by atoms with Crippen molar-refractivity contribution >= 4 is 5.91 Å². The van der Waals surface area contributed by atoms with Crippen molar-refractivity contribution in [2.45, 2.75) is 32.4 Å². The molecule has 0 aliphatic rings. The molecule has 0 radical (unpaired) electrons. The Morgan fingerprint density at radius 2 is 2.12 bits per heavy atom. The molecule has 1 atom stereocenters. The normalized spacial score (nSPS) is 13.9. The smallest absolute Gasteiger partial charge is 0.240 e. The molecule has 0 saturated heterocycles. The van der Waals surface area contributed by atoms with Gasteiger partial charge in [-0.2, -0.15) is 0 Å². The standard InChI is InChI=1S/C13H20N2O2/c1-4-13(2,14)12(16)15-9-10-7-5-6-8-11(10)17-3/h5-8H,4,9,14H2,1-3H3,(H,15,16). The summed E-state index contributed by atoms with van der Waals surface area (Å²) in [4.78, 5) is 11.8. The highest BCUT2D eigenvalue weighted by Crippen LogP contribution is 2.17. The molecule has 4 nitrogen and oxygen atoms in total. The molecule has 3 N–H and O–H groups in total. The third kappa shape index (κ3) is 3.46. The molecule has 1 amide bonds. The van der Waals surface area contributed by atoms with E-state index in [0.29, 0.717) is 13.0 Å². The van der Waals surface area contributed by atoms with Crippen LogP contribution in [0, 0.1) is 0 Å². The Morgan fingerprint density at radius 3 is 2.71 bits per heavy atom. The molecule has 1 aromatic rings. The van der Waals surface area contributed by atoms with E-state index in [-0.39, 0.29) is 5.91 Å². The van der Waals surface area contributed by atoms with Crippen LogP contribution in [0.3, 0.4) is 0 Å². The maximum Gasteiger partial charge on any atom is 0.240 e. The van der Waals surface area contributed by atoms with Gasteiger partial charge in [-0.3, -0.25) is 4.79 Å². The van der Waals surface area contributed by atoms with Crippen LogP contribution in [0.15, 0.2) is 24.3 Å². The van der Waals surface area contributed by atoms with E-state index in [1.807, 2.05) is 31.2 Å². The SMILES string of the molecule is CCC(C)(N)C(=O)NCc1ccccc1OC. The maximum atomic E-state index is 11.8. The van der Waals surface area contributed by atoms with Crippen LogP contribution in [0.2, 0.25) is 0 Å². The van der Waals surface area contributed by atoms with Crippen LogP contribution >= 0.6 is 0 Å². The van der Waals surface area contributed by atoms with Crippen molar-refractivity contribution in [3.05, 3.63) is 29.8 Å². The lowest BCUT2D eigenvalue weighted by Gasteiger charge is -2.21. The van der Waals surface area contributed by atoms with Crippen LogP contribution in [-0.2, 0) is 11.3 Å². The molecule has 1 rings (SSSR count). The van der Waals surface area contributed by atoms with Gasteiger partial charge < -0.3 is 15.8 Å². The second kappa shape index (κ2) is 5.68. The summed E-state index contributed by atoms with van der Waals surface area (Å²) in [7, 11) is 1.61. The lowest BCUT2D eigenvalue weighted by Crippen LogP contribution is -2.50. The van der Waals surface area contributed by atoms with Crippen molar-refractivity contribution in [3.8, 4) is 5.75 Å². The number of hydrogen-bond acceptors (Lipinski definition) is 3. The minimum Gasteiger partial charge on any atom is -0.496 e. The molecule has 94 valence electrons. The average molecular weight is 236 g/mol. The zero-order valence-electron chi connectivity index (χ0n) is 10.6. The molecule has 0 aromatic heterocycles. The largest absolute Gasteiger partial charge is 0.496 e. The van der Waals surface area contributed by atoms with Gasteiger partial charge in [-0.1, -0.05) is 25.1 Å². The van der Waals surface area contributed by atoms with Gasteiger partial charge in [-0.05, 0) is 19.4 Å². The third-order valence-electron chi connectivity index (χ3n) is 2.89. The summed E-state index contributed by atoms with van der Waals surface area (Å²) in [6.07, 6.45) is 0.602. The van der Waals surface area contributed by atoms with Gasteiger partial charge in [0.15, 0.2) is 0 Å². The van der Waals surface area contributed by atoms with E-state index in [0.717, 1.165) is 11.3 Å². The number of methoxy groups -OCH3 is 1. The predicted molar refractivity (Wildman–Crippen MR) is 67.7 cm³/mol. The summed E-state index contributed by atoms with van der Waals surface area (Å²) in [6.45, 7) is 4.04. The Balaban J connectivity index is 2.65. The number of amides is 1. The van der Waals surface area contributed by atoms with Gasteiger partial charge in [0.25, 0.3) is 0 Å². The summed E-state index contributed by atoms with van der Waals surface area (Å²) < 4.78 is 5.21. The molecule has 0 heterocycles. The Bertz CT molecular complexity index is 389. The molecule has 1 aromatic carbocycles. The number of carbonyl (C=O) groups is 1. The van der Waals surface area contributed by atoms with Crippen LogP contribution in [-0.4, -0.2) is 18.6 Å². The number of hydrogen-bond donors (Lipinski definition) is 2. The number of ether oxygens (including phenoxy) is 1. The molecular weight excluding hydrogens is 216 g/mol. The fourth-order valence-corrected chi connectivity index (χ4v) is 1.39. The lowest BCUT2D eigenvalue weighted by atomic mass is 9.99. The number of para-hydroxylation sites is 1. The molecule has 0 aliphatic heterocycles. The molecule has 0 bridgehead atoms. The van der Waals surface area contributed by atoms with Crippen molar-refractivity contribution in [1.29, 1.82) is 0 Å². The first-order valence-electron chi connectivity index (χ1n) is 5.70. The first kappa shape index (κ1) is 13.5. The number of carbonyl (C=O) groups excluding carboxylic acids is 1. The van der Waals surface area contributed by atoms with Crippen LogP contribution < -0.4 is 15.8 Å². The lowest BCUT2D eigenvalue weighted by molar-refractivity contribution is -0.126. The van der Waals surface area contributed by atoms with Gasteiger partial charge in [0.1, 0.15) is 5.75 Å². The average Bonchev–Trinajstić information content (AvgIpc) is 2.36. The molecule has 4 heteroatoms. The first-order chi connectivity index (χ1) is 8.01. The number of nitrogens with one attached hydrogen (secondary N) is 1. The molecule has 0 saturated carbocycles. The first-order valence-corrected chi connectivity index (χ1v) is 5.70. The topological polar surface area (TPSA) is 64.4 Å².